The van der Waals surface area contributed by atoms with Crippen molar-refractivity contribution in [3.8, 4) is 5.75 Å². The number of rotatable bonds is 7. The number of aromatic nitrogens is 1. The fraction of sp³-hybridized carbons (Fsp3) is 0.462. The maximum Gasteiger partial charge on any atom is 0.181 e. The second-order valence-corrected chi connectivity index (χ2v) is 8.73. The minimum atomic E-state index is -0.862. The maximum atomic E-state index is 10.1. The average molecular weight is 423 g/mol. The van der Waals surface area contributed by atoms with E-state index in [0.29, 0.717) is 18.6 Å². The zero-order valence-corrected chi connectivity index (χ0v) is 19.0. The Bertz CT molecular complexity index is 1010. The molecule has 0 aliphatic carbocycles. The summed E-state index contributed by atoms with van der Waals surface area (Å²) in [6, 6.07) is 12.9. The predicted molar refractivity (Wildman–Crippen MR) is 124 cm³/mol. The molecule has 0 amide bonds. The first kappa shape index (κ1) is 21.9. The molecule has 1 aromatic heterocycles. The van der Waals surface area contributed by atoms with E-state index in [1.807, 2.05) is 25.3 Å². The molecule has 1 saturated heterocycles. The summed E-state index contributed by atoms with van der Waals surface area (Å²) in [6.45, 7) is 8.74. The van der Waals surface area contributed by atoms with E-state index >= 15 is 0 Å². The van der Waals surface area contributed by atoms with Gasteiger partial charge in [0.05, 0.1) is 7.11 Å². The minimum absolute atomic E-state index is 0.335. The van der Waals surface area contributed by atoms with Crippen LogP contribution in [0, 0.1) is 12.8 Å². The molecule has 1 aliphatic rings. The molecular weight excluding hydrogens is 388 g/mol. The van der Waals surface area contributed by atoms with Crippen molar-refractivity contribution in [2.24, 2.45) is 5.92 Å². The lowest BCUT2D eigenvalue weighted by Crippen LogP contribution is -2.36. The third kappa shape index (κ3) is 4.49. The van der Waals surface area contributed by atoms with Gasteiger partial charge in [0.1, 0.15) is 5.75 Å². The molecule has 0 saturated carbocycles. The SMILES string of the molecule is CCOC(O)c1ccc(C2CC(C)CCN2Cc2c(OC)cc(C)c3[nH]ccc23)cc1. The number of hydrogen-bond donors (Lipinski definition) is 2. The average Bonchev–Trinajstić information content (AvgIpc) is 3.27. The number of likely N-dealkylation sites (tertiary alicyclic amines) is 1. The monoisotopic (exact) mass is 422 g/mol. The molecule has 2 aromatic carbocycles. The Balaban J connectivity index is 1.64. The van der Waals surface area contributed by atoms with Crippen LogP contribution >= 0.6 is 0 Å². The van der Waals surface area contributed by atoms with Crippen LogP contribution in [0.5, 0.6) is 5.75 Å². The van der Waals surface area contributed by atoms with Crippen LogP contribution in [0.15, 0.2) is 42.6 Å². The van der Waals surface area contributed by atoms with Gasteiger partial charge in [-0.15, -0.1) is 0 Å². The number of nitrogens with zero attached hydrogens (tertiary/aromatic N) is 1. The number of hydrogen-bond acceptors (Lipinski definition) is 4. The van der Waals surface area contributed by atoms with Crippen molar-refractivity contribution < 1.29 is 14.6 Å². The number of aliphatic hydroxyl groups excluding tert-OH is 1. The molecule has 31 heavy (non-hydrogen) atoms. The number of aliphatic hydroxyl groups is 1. The Morgan fingerprint density at radius 3 is 2.71 bits per heavy atom. The van der Waals surface area contributed by atoms with Gasteiger partial charge in [0.2, 0.25) is 0 Å². The molecule has 1 fully saturated rings. The zero-order chi connectivity index (χ0) is 22.0. The normalized spacial score (nSPS) is 20.8. The van der Waals surface area contributed by atoms with Gasteiger partial charge >= 0.3 is 0 Å². The van der Waals surface area contributed by atoms with Crippen LogP contribution in [0.3, 0.4) is 0 Å². The van der Waals surface area contributed by atoms with Crippen molar-refractivity contribution in [2.75, 3.05) is 20.3 Å². The van der Waals surface area contributed by atoms with Crippen LogP contribution in [0.1, 0.15) is 61.3 Å². The second-order valence-electron chi connectivity index (χ2n) is 8.73. The van der Waals surface area contributed by atoms with Gasteiger partial charge < -0.3 is 19.6 Å². The first-order valence-electron chi connectivity index (χ1n) is 11.3. The zero-order valence-electron chi connectivity index (χ0n) is 19.0. The van der Waals surface area contributed by atoms with E-state index in [1.54, 1.807) is 7.11 Å². The number of H-pyrrole nitrogens is 1. The summed E-state index contributed by atoms with van der Waals surface area (Å²) in [5.74, 6) is 1.64. The van der Waals surface area contributed by atoms with Gasteiger partial charge in [0.15, 0.2) is 6.29 Å². The number of piperidine rings is 1. The molecule has 2 N–H and O–H groups in total. The van der Waals surface area contributed by atoms with E-state index in [9.17, 15) is 5.11 Å². The molecule has 166 valence electrons. The number of fused-ring (bicyclic) bond motifs is 1. The van der Waals surface area contributed by atoms with Gasteiger partial charge in [-0.3, -0.25) is 4.90 Å². The Hall–Kier alpha value is -2.34. The number of methoxy groups -OCH3 is 1. The van der Waals surface area contributed by atoms with E-state index < -0.39 is 6.29 Å². The van der Waals surface area contributed by atoms with Crippen LogP contribution < -0.4 is 4.74 Å². The molecule has 0 spiro atoms. The Kier molecular flexibility index (Phi) is 6.65. The van der Waals surface area contributed by atoms with Crippen molar-refractivity contribution in [1.29, 1.82) is 0 Å². The molecule has 1 aliphatic heterocycles. The lowest BCUT2D eigenvalue weighted by atomic mass is 9.87. The van der Waals surface area contributed by atoms with Crippen molar-refractivity contribution in [3.05, 3.63) is 64.8 Å². The topological polar surface area (TPSA) is 57.7 Å². The highest BCUT2D eigenvalue weighted by atomic mass is 16.6. The summed E-state index contributed by atoms with van der Waals surface area (Å²) in [4.78, 5) is 5.96. The van der Waals surface area contributed by atoms with E-state index in [2.05, 4.69) is 48.0 Å². The fourth-order valence-corrected chi connectivity index (χ4v) is 4.85. The molecule has 2 heterocycles. The van der Waals surface area contributed by atoms with E-state index in [-0.39, 0.29) is 0 Å². The van der Waals surface area contributed by atoms with Crippen LogP contribution in [0.2, 0.25) is 0 Å². The molecule has 0 radical (unpaired) electrons. The molecule has 3 unspecified atom stereocenters. The van der Waals surface area contributed by atoms with Gasteiger partial charge in [0, 0.05) is 47.4 Å². The van der Waals surface area contributed by atoms with Gasteiger partial charge in [-0.1, -0.05) is 31.2 Å². The number of benzene rings is 2. The summed E-state index contributed by atoms with van der Waals surface area (Å²) in [5, 5.41) is 11.4. The highest BCUT2D eigenvalue weighted by Gasteiger charge is 2.29. The number of aromatic amines is 1. The van der Waals surface area contributed by atoms with Crippen LogP contribution in [-0.4, -0.2) is 35.3 Å². The Labute approximate surface area is 185 Å². The quantitative estimate of drug-likeness (QED) is 0.495. The highest BCUT2D eigenvalue weighted by Crippen LogP contribution is 2.38. The van der Waals surface area contributed by atoms with Gasteiger partial charge in [-0.25, -0.2) is 0 Å². The summed E-state index contributed by atoms with van der Waals surface area (Å²) in [5.41, 5.74) is 5.72. The van der Waals surface area contributed by atoms with Crippen LogP contribution in [0.25, 0.3) is 10.9 Å². The summed E-state index contributed by atoms with van der Waals surface area (Å²) in [7, 11) is 1.76. The maximum absolute atomic E-state index is 10.1. The lowest BCUT2D eigenvalue weighted by Gasteiger charge is -2.39. The smallest absolute Gasteiger partial charge is 0.181 e. The summed E-state index contributed by atoms with van der Waals surface area (Å²) < 4.78 is 11.1. The number of ether oxygens (including phenoxy) is 2. The van der Waals surface area contributed by atoms with Crippen molar-refractivity contribution >= 4 is 10.9 Å². The number of nitrogens with one attached hydrogen (secondary N) is 1. The Morgan fingerprint density at radius 1 is 1.23 bits per heavy atom. The van der Waals surface area contributed by atoms with Crippen LogP contribution in [0.4, 0.5) is 0 Å². The van der Waals surface area contributed by atoms with E-state index in [1.165, 1.54) is 34.0 Å². The molecule has 5 nitrogen and oxygen atoms in total. The first-order chi connectivity index (χ1) is 15.0. The van der Waals surface area contributed by atoms with Crippen molar-refractivity contribution in [3.63, 3.8) is 0 Å². The molecule has 5 heteroatoms. The van der Waals surface area contributed by atoms with Gasteiger partial charge in [0.25, 0.3) is 0 Å². The Morgan fingerprint density at radius 2 is 2.00 bits per heavy atom. The third-order valence-corrected chi connectivity index (χ3v) is 6.60. The standard InChI is InChI=1S/C26H34N2O3/c1-5-31-26(29)20-8-6-19(7-9-20)23-14-17(2)11-13-28(23)16-22-21-10-12-27-25(21)18(3)15-24(22)30-4/h6-10,12,15,17,23,26-27,29H,5,11,13-14,16H2,1-4H3. The molecule has 4 rings (SSSR count). The molecule has 0 bridgehead atoms. The summed E-state index contributed by atoms with van der Waals surface area (Å²) >= 11 is 0. The fourth-order valence-electron chi connectivity index (χ4n) is 4.85. The largest absolute Gasteiger partial charge is 0.496 e. The van der Waals surface area contributed by atoms with Crippen molar-refractivity contribution in [1.82, 2.24) is 9.88 Å². The van der Waals surface area contributed by atoms with Crippen molar-refractivity contribution in [2.45, 2.75) is 52.5 Å². The first-order valence-corrected chi connectivity index (χ1v) is 11.3. The van der Waals surface area contributed by atoms with Gasteiger partial charge in [-0.05, 0) is 62.4 Å². The second kappa shape index (κ2) is 9.43. The highest BCUT2D eigenvalue weighted by molar-refractivity contribution is 5.88. The van der Waals surface area contributed by atoms with E-state index in [0.717, 1.165) is 30.8 Å². The molecule has 3 atom stereocenters. The lowest BCUT2D eigenvalue weighted by molar-refractivity contribution is -0.0979. The predicted octanol–water partition coefficient (Wildman–Crippen LogP) is 5.49. The third-order valence-electron chi connectivity index (χ3n) is 6.60. The number of aryl methyl sites for hydroxylation is 1. The van der Waals surface area contributed by atoms with Gasteiger partial charge in [-0.2, -0.15) is 0 Å². The van der Waals surface area contributed by atoms with E-state index in [4.69, 9.17) is 9.47 Å². The summed E-state index contributed by atoms with van der Waals surface area (Å²) in [6.07, 6.45) is 3.47. The molecular formula is C26H34N2O3. The van der Waals surface area contributed by atoms with Crippen LogP contribution in [-0.2, 0) is 11.3 Å². The molecule has 3 aromatic rings. The minimum Gasteiger partial charge on any atom is -0.496 e.